The predicted octanol–water partition coefficient (Wildman–Crippen LogP) is 1.68. The van der Waals surface area contributed by atoms with E-state index in [1.807, 2.05) is 23.1 Å². The Morgan fingerprint density at radius 2 is 2.18 bits per heavy atom. The second-order valence-corrected chi connectivity index (χ2v) is 4.41. The fraction of sp³-hybridized carbons (Fsp3) is 0.500. The number of rotatable bonds is 5. The maximum absolute atomic E-state index is 12.2. The van der Waals surface area contributed by atoms with Crippen LogP contribution in [0.25, 0.3) is 0 Å². The maximum atomic E-state index is 12.2. The van der Waals surface area contributed by atoms with E-state index in [2.05, 4.69) is 18.3 Å². The first kappa shape index (κ1) is 12.1. The molecule has 92 valence electrons. The van der Waals surface area contributed by atoms with E-state index in [0.29, 0.717) is 0 Å². The average Bonchev–Trinajstić information content (AvgIpc) is 2.37. The van der Waals surface area contributed by atoms with Gasteiger partial charge in [-0.3, -0.25) is 4.79 Å². The van der Waals surface area contributed by atoms with Gasteiger partial charge in [-0.15, -0.1) is 0 Å². The van der Waals surface area contributed by atoms with Crippen molar-refractivity contribution in [2.45, 2.75) is 19.8 Å². The highest BCUT2D eigenvalue weighted by molar-refractivity contribution is 5.96. The first-order valence-corrected chi connectivity index (χ1v) is 6.41. The van der Waals surface area contributed by atoms with Crippen molar-refractivity contribution in [3.05, 3.63) is 35.4 Å². The van der Waals surface area contributed by atoms with Crippen LogP contribution in [0.1, 0.15) is 29.3 Å². The lowest BCUT2D eigenvalue weighted by Crippen LogP contribution is -2.39. The van der Waals surface area contributed by atoms with Gasteiger partial charge in [0.1, 0.15) is 0 Å². The molecule has 1 amide bonds. The molecular formula is C14H20N2O. The fourth-order valence-electron chi connectivity index (χ4n) is 2.26. The SMILES string of the molecule is CCNCCCN1CCc2ccccc2C1=O. The summed E-state index contributed by atoms with van der Waals surface area (Å²) in [6.45, 7) is 5.81. The third-order valence-corrected chi connectivity index (χ3v) is 3.22. The van der Waals surface area contributed by atoms with Crippen molar-refractivity contribution in [1.29, 1.82) is 0 Å². The van der Waals surface area contributed by atoms with E-state index in [-0.39, 0.29) is 5.91 Å². The minimum absolute atomic E-state index is 0.198. The largest absolute Gasteiger partial charge is 0.338 e. The van der Waals surface area contributed by atoms with Gasteiger partial charge in [0.05, 0.1) is 0 Å². The molecule has 3 nitrogen and oxygen atoms in total. The molecular weight excluding hydrogens is 212 g/mol. The minimum atomic E-state index is 0.198. The summed E-state index contributed by atoms with van der Waals surface area (Å²) >= 11 is 0. The first-order chi connectivity index (χ1) is 8.33. The van der Waals surface area contributed by atoms with Crippen molar-refractivity contribution < 1.29 is 4.79 Å². The van der Waals surface area contributed by atoms with E-state index in [1.54, 1.807) is 0 Å². The molecule has 1 aliphatic heterocycles. The van der Waals surface area contributed by atoms with E-state index in [9.17, 15) is 4.79 Å². The van der Waals surface area contributed by atoms with E-state index < -0.39 is 0 Å². The van der Waals surface area contributed by atoms with Crippen LogP contribution in [0.3, 0.4) is 0 Å². The van der Waals surface area contributed by atoms with Crippen LogP contribution >= 0.6 is 0 Å². The summed E-state index contributed by atoms with van der Waals surface area (Å²) in [5.41, 5.74) is 2.09. The van der Waals surface area contributed by atoms with Crippen molar-refractivity contribution in [1.82, 2.24) is 10.2 Å². The summed E-state index contributed by atoms with van der Waals surface area (Å²) in [5.74, 6) is 0.198. The molecule has 1 aliphatic rings. The van der Waals surface area contributed by atoms with Crippen LogP contribution in [-0.2, 0) is 6.42 Å². The molecule has 1 aromatic rings. The van der Waals surface area contributed by atoms with Crippen LogP contribution < -0.4 is 5.32 Å². The molecule has 0 saturated carbocycles. The highest BCUT2D eigenvalue weighted by atomic mass is 16.2. The number of benzene rings is 1. The molecule has 0 atom stereocenters. The summed E-state index contributed by atoms with van der Waals surface area (Å²) < 4.78 is 0. The summed E-state index contributed by atoms with van der Waals surface area (Å²) in [4.78, 5) is 14.2. The van der Waals surface area contributed by atoms with Crippen molar-refractivity contribution in [2.75, 3.05) is 26.2 Å². The van der Waals surface area contributed by atoms with Gasteiger partial charge >= 0.3 is 0 Å². The molecule has 0 bridgehead atoms. The molecule has 0 unspecified atom stereocenters. The molecule has 1 N–H and O–H groups in total. The quantitative estimate of drug-likeness (QED) is 0.783. The fourth-order valence-corrected chi connectivity index (χ4v) is 2.26. The molecule has 2 rings (SSSR count). The Hall–Kier alpha value is -1.35. The Balaban J connectivity index is 1.93. The summed E-state index contributed by atoms with van der Waals surface area (Å²) in [7, 11) is 0. The van der Waals surface area contributed by atoms with Gasteiger partial charge < -0.3 is 10.2 Å². The zero-order valence-corrected chi connectivity index (χ0v) is 10.4. The van der Waals surface area contributed by atoms with Crippen LogP contribution in [0.15, 0.2) is 24.3 Å². The number of amides is 1. The number of carbonyl (C=O) groups excluding carboxylic acids is 1. The molecule has 1 aromatic carbocycles. The number of nitrogens with one attached hydrogen (secondary N) is 1. The molecule has 1 heterocycles. The molecule has 0 saturated heterocycles. The second kappa shape index (κ2) is 5.82. The van der Waals surface area contributed by atoms with E-state index in [4.69, 9.17) is 0 Å². The van der Waals surface area contributed by atoms with Gasteiger partial charge in [0, 0.05) is 18.7 Å². The van der Waals surface area contributed by atoms with Crippen LogP contribution in [0.2, 0.25) is 0 Å². The zero-order chi connectivity index (χ0) is 12.1. The zero-order valence-electron chi connectivity index (χ0n) is 10.4. The lowest BCUT2D eigenvalue weighted by Gasteiger charge is -2.28. The summed E-state index contributed by atoms with van der Waals surface area (Å²) in [5, 5.41) is 3.28. The van der Waals surface area contributed by atoms with Crippen LogP contribution in [0.5, 0.6) is 0 Å². The Labute approximate surface area is 103 Å². The summed E-state index contributed by atoms with van der Waals surface area (Å²) in [6.07, 6.45) is 2.02. The number of carbonyl (C=O) groups is 1. The van der Waals surface area contributed by atoms with Crippen LogP contribution in [0.4, 0.5) is 0 Å². The molecule has 0 aromatic heterocycles. The highest BCUT2D eigenvalue weighted by Gasteiger charge is 2.22. The van der Waals surface area contributed by atoms with Crippen molar-refractivity contribution in [3.63, 3.8) is 0 Å². The van der Waals surface area contributed by atoms with Crippen molar-refractivity contribution in [2.24, 2.45) is 0 Å². The summed E-state index contributed by atoms with van der Waals surface area (Å²) in [6, 6.07) is 7.95. The number of nitrogens with zero attached hydrogens (tertiary/aromatic N) is 1. The average molecular weight is 232 g/mol. The number of hydrogen-bond donors (Lipinski definition) is 1. The molecule has 0 aliphatic carbocycles. The van der Waals surface area contributed by atoms with Crippen LogP contribution in [0, 0.1) is 0 Å². The van der Waals surface area contributed by atoms with Crippen molar-refractivity contribution >= 4 is 5.91 Å². The van der Waals surface area contributed by atoms with Crippen molar-refractivity contribution in [3.8, 4) is 0 Å². The van der Waals surface area contributed by atoms with Crippen LogP contribution in [-0.4, -0.2) is 37.0 Å². The van der Waals surface area contributed by atoms with Gasteiger partial charge in [0.2, 0.25) is 0 Å². The predicted molar refractivity (Wildman–Crippen MR) is 69.2 cm³/mol. The van der Waals surface area contributed by atoms with E-state index in [1.165, 1.54) is 5.56 Å². The molecule has 17 heavy (non-hydrogen) atoms. The Kier molecular flexibility index (Phi) is 4.15. The molecule has 0 fully saturated rings. The standard InChI is InChI=1S/C14H20N2O/c1-2-15-9-5-10-16-11-8-12-6-3-4-7-13(12)14(16)17/h3-4,6-7,15H,2,5,8-11H2,1H3. The Morgan fingerprint density at radius 1 is 1.35 bits per heavy atom. The van der Waals surface area contributed by atoms with Gasteiger partial charge in [-0.25, -0.2) is 0 Å². The third kappa shape index (κ3) is 2.86. The van der Waals surface area contributed by atoms with E-state index >= 15 is 0 Å². The lowest BCUT2D eigenvalue weighted by atomic mass is 9.99. The molecule has 3 heteroatoms. The topological polar surface area (TPSA) is 32.3 Å². The maximum Gasteiger partial charge on any atom is 0.254 e. The monoisotopic (exact) mass is 232 g/mol. The smallest absolute Gasteiger partial charge is 0.254 e. The van der Waals surface area contributed by atoms with Gasteiger partial charge in [-0.2, -0.15) is 0 Å². The molecule has 0 spiro atoms. The van der Waals surface area contributed by atoms with Gasteiger partial charge in [-0.05, 0) is 37.6 Å². The second-order valence-electron chi connectivity index (χ2n) is 4.41. The normalized spacial score (nSPS) is 14.9. The van der Waals surface area contributed by atoms with Gasteiger partial charge in [0.15, 0.2) is 0 Å². The van der Waals surface area contributed by atoms with Gasteiger partial charge in [-0.1, -0.05) is 25.1 Å². The minimum Gasteiger partial charge on any atom is -0.338 e. The highest BCUT2D eigenvalue weighted by Crippen LogP contribution is 2.18. The third-order valence-electron chi connectivity index (χ3n) is 3.22. The van der Waals surface area contributed by atoms with Gasteiger partial charge in [0.25, 0.3) is 5.91 Å². The number of hydrogen-bond acceptors (Lipinski definition) is 2. The van der Waals surface area contributed by atoms with E-state index in [0.717, 1.165) is 44.6 Å². The Morgan fingerprint density at radius 3 is 3.00 bits per heavy atom. The Bertz CT molecular complexity index is 390. The first-order valence-electron chi connectivity index (χ1n) is 6.41. The molecule has 0 radical (unpaired) electrons. The lowest BCUT2D eigenvalue weighted by molar-refractivity contribution is 0.0738. The number of fused-ring (bicyclic) bond motifs is 1.